The quantitative estimate of drug-likeness (QED) is 0.725. The molecule has 0 amide bonds. The summed E-state index contributed by atoms with van der Waals surface area (Å²) < 4.78 is 2.00. The largest absolute Gasteiger partial charge is 0.389 e. The zero-order valence-corrected chi connectivity index (χ0v) is 11.2. The van der Waals surface area contributed by atoms with Crippen molar-refractivity contribution in [3.8, 4) is 5.82 Å². The molecule has 3 aromatic rings. The van der Waals surface area contributed by atoms with E-state index in [2.05, 4.69) is 9.97 Å². The molecule has 0 saturated heterocycles. The second-order valence-corrected chi connectivity index (χ2v) is 4.69. The van der Waals surface area contributed by atoms with Gasteiger partial charge in [0.15, 0.2) is 0 Å². The highest BCUT2D eigenvalue weighted by atomic mass is 32.1. The maximum atomic E-state index is 5.67. The first-order chi connectivity index (χ1) is 9.16. The van der Waals surface area contributed by atoms with Gasteiger partial charge in [-0.25, -0.2) is 9.97 Å². The van der Waals surface area contributed by atoms with Gasteiger partial charge in [-0.2, -0.15) is 0 Å². The number of para-hydroxylation sites is 2. The number of hydrogen-bond donors (Lipinski definition) is 1. The summed E-state index contributed by atoms with van der Waals surface area (Å²) in [5.41, 5.74) is 8.44. The van der Waals surface area contributed by atoms with E-state index in [0.717, 1.165) is 28.2 Å². The van der Waals surface area contributed by atoms with Crippen molar-refractivity contribution in [3.63, 3.8) is 0 Å². The van der Waals surface area contributed by atoms with E-state index < -0.39 is 0 Å². The topological polar surface area (TPSA) is 56.7 Å². The Morgan fingerprint density at radius 2 is 2.05 bits per heavy atom. The molecule has 0 radical (unpaired) electrons. The van der Waals surface area contributed by atoms with E-state index in [0.29, 0.717) is 4.99 Å². The van der Waals surface area contributed by atoms with Gasteiger partial charge in [0.05, 0.1) is 11.0 Å². The molecule has 0 saturated carbocycles. The number of fused-ring (bicyclic) bond motifs is 1. The maximum absolute atomic E-state index is 5.67. The first kappa shape index (κ1) is 11.8. The Morgan fingerprint density at radius 3 is 2.84 bits per heavy atom. The molecule has 3 rings (SSSR count). The Bertz CT molecular complexity index is 776. The van der Waals surface area contributed by atoms with Gasteiger partial charge in [-0.05, 0) is 31.2 Å². The van der Waals surface area contributed by atoms with Crippen LogP contribution < -0.4 is 5.73 Å². The highest BCUT2D eigenvalue weighted by Crippen LogP contribution is 2.20. The number of nitrogens with zero attached hydrogens (tertiary/aromatic N) is 3. The van der Waals surface area contributed by atoms with Gasteiger partial charge >= 0.3 is 0 Å². The molecule has 19 heavy (non-hydrogen) atoms. The molecule has 0 unspecified atom stereocenters. The van der Waals surface area contributed by atoms with Gasteiger partial charge in [0.25, 0.3) is 0 Å². The molecule has 4 nitrogen and oxygen atoms in total. The van der Waals surface area contributed by atoms with Crippen LogP contribution in [0.3, 0.4) is 0 Å². The molecule has 0 aliphatic carbocycles. The summed E-state index contributed by atoms with van der Waals surface area (Å²) in [6.45, 7) is 1.95. The standard InChI is InChI=1S/C14H12N4S/c1-9-17-11-4-2-3-5-12(11)18(9)13-8-10(14(15)19)6-7-16-13/h2-8H,1H3,(H2,15,19). The molecule has 2 heterocycles. The van der Waals surface area contributed by atoms with E-state index in [1.54, 1.807) is 12.3 Å². The smallest absolute Gasteiger partial charge is 0.139 e. The van der Waals surface area contributed by atoms with Crippen LogP contribution in [0.2, 0.25) is 0 Å². The fraction of sp³-hybridized carbons (Fsp3) is 0.0714. The summed E-state index contributed by atoms with van der Waals surface area (Å²) in [4.78, 5) is 9.27. The number of nitrogens with two attached hydrogens (primary N) is 1. The second kappa shape index (κ2) is 4.44. The van der Waals surface area contributed by atoms with Gasteiger partial charge in [-0.1, -0.05) is 24.4 Å². The van der Waals surface area contributed by atoms with Crippen molar-refractivity contribution in [2.75, 3.05) is 0 Å². The molecule has 2 aromatic heterocycles. The summed E-state index contributed by atoms with van der Waals surface area (Å²) >= 11 is 5.00. The molecule has 0 spiro atoms. The summed E-state index contributed by atoms with van der Waals surface area (Å²) in [7, 11) is 0. The van der Waals surface area contributed by atoms with Crippen molar-refractivity contribution in [2.45, 2.75) is 6.92 Å². The monoisotopic (exact) mass is 268 g/mol. The minimum Gasteiger partial charge on any atom is -0.389 e. The van der Waals surface area contributed by atoms with Crippen molar-refractivity contribution >= 4 is 28.2 Å². The minimum atomic E-state index is 0.366. The number of rotatable bonds is 2. The van der Waals surface area contributed by atoms with Crippen LogP contribution in [0.5, 0.6) is 0 Å². The van der Waals surface area contributed by atoms with Crippen LogP contribution in [0.15, 0.2) is 42.6 Å². The Hall–Kier alpha value is -2.27. The molecular formula is C14H12N4S. The third-order valence-electron chi connectivity index (χ3n) is 2.99. The van der Waals surface area contributed by atoms with Crippen LogP contribution >= 0.6 is 12.2 Å². The molecule has 0 aliphatic heterocycles. The number of thiocarbonyl (C=S) groups is 1. The van der Waals surface area contributed by atoms with E-state index in [-0.39, 0.29) is 0 Å². The van der Waals surface area contributed by atoms with Gasteiger partial charge in [0.1, 0.15) is 16.6 Å². The van der Waals surface area contributed by atoms with Crippen molar-refractivity contribution in [3.05, 3.63) is 54.0 Å². The predicted molar refractivity (Wildman–Crippen MR) is 79.5 cm³/mol. The SMILES string of the molecule is Cc1nc2ccccc2n1-c1cc(C(N)=S)ccn1. The average molecular weight is 268 g/mol. The summed E-state index contributed by atoms with van der Waals surface area (Å²) in [6, 6.07) is 11.6. The molecule has 0 atom stereocenters. The Morgan fingerprint density at radius 1 is 1.26 bits per heavy atom. The fourth-order valence-corrected chi connectivity index (χ4v) is 2.26. The van der Waals surface area contributed by atoms with Crippen molar-refractivity contribution < 1.29 is 0 Å². The van der Waals surface area contributed by atoms with Crippen molar-refractivity contribution in [1.82, 2.24) is 14.5 Å². The van der Waals surface area contributed by atoms with E-state index in [4.69, 9.17) is 18.0 Å². The molecule has 1 aromatic carbocycles. The van der Waals surface area contributed by atoms with Crippen LogP contribution in [0, 0.1) is 6.92 Å². The first-order valence-corrected chi connectivity index (χ1v) is 6.28. The highest BCUT2D eigenvalue weighted by molar-refractivity contribution is 7.80. The summed E-state index contributed by atoms with van der Waals surface area (Å²) in [5.74, 6) is 1.66. The third-order valence-corrected chi connectivity index (χ3v) is 3.22. The minimum absolute atomic E-state index is 0.366. The third kappa shape index (κ3) is 1.98. The predicted octanol–water partition coefficient (Wildman–Crippen LogP) is 2.36. The van der Waals surface area contributed by atoms with E-state index >= 15 is 0 Å². The Kier molecular flexibility index (Phi) is 2.76. The number of aryl methyl sites for hydroxylation is 1. The first-order valence-electron chi connectivity index (χ1n) is 5.87. The van der Waals surface area contributed by atoms with Crippen LogP contribution in [-0.2, 0) is 0 Å². The fourth-order valence-electron chi connectivity index (χ4n) is 2.13. The number of hydrogen-bond acceptors (Lipinski definition) is 3. The molecule has 94 valence electrons. The van der Waals surface area contributed by atoms with Gasteiger partial charge < -0.3 is 5.73 Å². The lowest BCUT2D eigenvalue weighted by atomic mass is 10.2. The number of imidazole rings is 1. The Balaban J connectivity index is 2.27. The van der Waals surface area contributed by atoms with Crippen LogP contribution in [0.1, 0.15) is 11.4 Å². The van der Waals surface area contributed by atoms with E-state index in [1.165, 1.54) is 0 Å². The lowest BCUT2D eigenvalue weighted by molar-refractivity contribution is 0.956. The summed E-state index contributed by atoms with van der Waals surface area (Å²) in [5, 5.41) is 0. The maximum Gasteiger partial charge on any atom is 0.139 e. The van der Waals surface area contributed by atoms with E-state index in [1.807, 2.05) is 41.8 Å². The number of benzene rings is 1. The Labute approximate surface area is 115 Å². The molecule has 2 N–H and O–H groups in total. The molecule has 0 bridgehead atoms. The zero-order valence-electron chi connectivity index (χ0n) is 10.4. The molecular weight excluding hydrogens is 256 g/mol. The second-order valence-electron chi connectivity index (χ2n) is 4.25. The summed E-state index contributed by atoms with van der Waals surface area (Å²) in [6.07, 6.45) is 1.71. The van der Waals surface area contributed by atoms with Crippen molar-refractivity contribution in [1.29, 1.82) is 0 Å². The lowest BCUT2D eigenvalue weighted by Crippen LogP contribution is -2.11. The average Bonchev–Trinajstić information content (AvgIpc) is 2.74. The molecule has 0 aliphatic rings. The van der Waals surface area contributed by atoms with Crippen LogP contribution in [-0.4, -0.2) is 19.5 Å². The lowest BCUT2D eigenvalue weighted by Gasteiger charge is -2.07. The molecule has 0 fully saturated rings. The number of pyridine rings is 1. The van der Waals surface area contributed by atoms with E-state index in [9.17, 15) is 0 Å². The van der Waals surface area contributed by atoms with Crippen molar-refractivity contribution in [2.24, 2.45) is 5.73 Å². The molecule has 5 heteroatoms. The highest BCUT2D eigenvalue weighted by Gasteiger charge is 2.10. The van der Waals surface area contributed by atoms with Gasteiger partial charge in [-0.15, -0.1) is 0 Å². The van der Waals surface area contributed by atoms with Crippen LogP contribution in [0.25, 0.3) is 16.9 Å². The van der Waals surface area contributed by atoms with Gasteiger partial charge in [-0.3, -0.25) is 4.57 Å². The van der Waals surface area contributed by atoms with Crippen LogP contribution in [0.4, 0.5) is 0 Å². The van der Waals surface area contributed by atoms with Gasteiger partial charge in [0.2, 0.25) is 0 Å². The van der Waals surface area contributed by atoms with Gasteiger partial charge in [0, 0.05) is 11.8 Å². The zero-order chi connectivity index (χ0) is 13.4. The number of aromatic nitrogens is 3. The normalized spacial score (nSPS) is 10.8.